The highest BCUT2D eigenvalue weighted by atomic mass is 16.6. The number of carbonyl (C=O) groups is 8. The van der Waals surface area contributed by atoms with Gasteiger partial charge < -0.3 is 119 Å². The highest BCUT2D eigenvalue weighted by Gasteiger charge is 2.50. The van der Waals surface area contributed by atoms with Crippen molar-refractivity contribution in [1.82, 2.24) is 47.9 Å². The predicted octanol–water partition coefficient (Wildman–Crippen LogP) is -7.68. The van der Waals surface area contributed by atoms with Gasteiger partial charge in [-0.25, -0.2) is 9.79 Å². The Hall–Kier alpha value is -5.61. The van der Waals surface area contributed by atoms with Gasteiger partial charge in [-0.15, -0.1) is 0 Å². The van der Waals surface area contributed by atoms with Gasteiger partial charge in [0.25, 0.3) is 0 Å². The van der Waals surface area contributed by atoms with Crippen LogP contribution in [0.4, 0.5) is 4.79 Å². The SMILES string of the molecule is NCCC[C@H](N)CC(=O)NCCC[C@H](N)CC(=O)NCCC[C@H](N)CC(=O)NCCC[C@H](N)CC(=O)NCCC[C@H](N)CC(=O)NCCC[C@H](N)CC(=O)N[C@@H]1[C@@H](O)[C@H](OC(N)=O)[C@@H](CO)O[C@H]1NC1=N[C@@H]2C(=O)NC[C@@H](O)[C@H]2N1. The highest BCUT2D eigenvalue weighted by molar-refractivity contribution is 5.93. The third-order valence-corrected chi connectivity index (χ3v) is 13.7. The van der Waals surface area contributed by atoms with Crippen LogP contribution in [0.1, 0.15) is 116 Å². The van der Waals surface area contributed by atoms with E-state index in [9.17, 15) is 53.7 Å². The van der Waals surface area contributed by atoms with Crippen LogP contribution in [0.2, 0.25) is 0 Å². The minimum absolute atomic E-state index is 0.000522. The van der Waals surface area contributed by atoms with Gasteiger partial charge in [-0.2, -0.15) is 0 Å². The number of fused-ring (bicyclic) bond motifs is 1. The highest BCUT2D eigenvalue weighted by Crippen LogP contribution is 2.24. The van der Waals surface area contributed by atoms with Crippen molar-refractivity contribution in [3.63, 3.8) is 0 Å². The lowest BCUT2D eigenvalue weighted by Gasteiger charge is -2.44. The van der Waals surface area contributed by atoms with Crippen molar-refractivity contribution in [2.24, 2.45) is 50.9 Å². The number of primary amides is 1. The van der Waals surface area contributed by atoms with Gasteiger partial charge in [0.1, 0.15) is 18.2 Å². The molecule has 3 heterocycles. The second-order valence-corrected chi connectivity index (χ2v) is 21.0. The molecule has 80 heavy (non-hydrogen) atoms. The number of aliphatic hydroxyl groups excluding tert-OH is 3. The number of rotatable bonds is 39. The Morgan fingerprint density at radius 1 is 0.613 bits per heavy atom. The fourth-order valence-corrected chi connectivity index (χ4v) is 9.32. The number of piperidine rings is 1. The number of nitrogens with one attached hydrogen (secondary N) is 9. The molecular formula is C49H94N18O13. The molecule has 0 aromatic carbocycles. The summed E-state index contributed by atoms with van der Waals surface area (Å²) in [6.45, 7) is 1.64. The molecule has 458 valence electrons. The fourth-order valence-electron chi connectivity index (χ4n) is 9.32. The van der Waals surface area contributed by atoms with Crippen molar-refractivity contribution in [3.05, 3.63) is 0 Å². The lowest BCUT2D eigenvalue weighted by molar-refractivity contribution is -0.198. The number of amides is 8. The summed E-state index contributed by atoms with van der Waals surface area (Å²) in [4.78, 5) is 103. The number of hydrogen-bond acceptors (Lipinski definition) is 23. The molecule has 2 fully saturated rings. The molecule has 31 nitrogen and oxygen atoms in total. The van der Waals surface area contributed by atoms with Crippen LogP contribution < -0.4 is 93.7 Å². The number of guanidine groups is 1. The molecule has 0 aromatic heterocycles. The van der Waals surface area contributed by atoms with Crippen LogP contribution >= 0.6 is 0 Å². The summed E-state index contributed by atoms with van der Waals surface area (Å²) in [6, 6.07) is -5.56. The van der Waals surface area contributed by atoms with Crippen LogP contribution in [-0.2, 0) is 43.0 Å². The molecule has 0 aliphatic carbocycles. The van der Waals surface area contributed by atoms with Crippen molar-refractivity contribution < 1.29 is 63.1 Å². The second kappa shape index (κ2) is 37.4. The van der Waals surface area contributed by atoms with Gasteiger partial charge in [-0.05, 0) is 83.6 Å². The lowest BCUT2D eigenvalue weighted by atomic mass is 9.95. The molecule has 0 radical (unpaired) electrons. The van der Waals surface area contributed by atoms with Gasteiger partial charge in [0, 0.05) is 114 Å². The average Bonchev–Trinajstić information content (AvgIpc) is 3.98. The number of carbonyl (C=O) groups excluding carboxylic acids is 8. The number of nitrogens with zero attached hydrogens (tertiary/aromatic N) is 1. The molecule has 14 atom stereocenters. The molecule has 0 unspecified atom stereocenters. The Bertz CT molecular complexity index is 1980. The van der Waals surface area contributed by atoms with Crippen LogP contribution in [0.15, 0.2) is 4.99 Å². The number of aliphatic hydroxyl groups is 3. The van der Waals surface area contributed by atoms with Crippen LogP contribution in [0, 0.1) is 0 Å². The van der Waals surface area contributed by atoms with Crippen LogP contribution in [-0.4, -0.2) is 206 Å². The molecule has 2 saturated heterocycles. The zero-order chi connectivity index (χ0) is 59.1. The minimum Gasteiger partial charge on any atom is -0.441 e. The lowest BCUT2D eigenvalue weighted by Crippen LogP contribution is -2.70. The van der Waals surface area contributed by atoms with Crippen molar-refractivity contribution >= 4 is 53.4 Å². The third-order valence-electron chi connectivity index (χ3n) is 13.7. The smallest absolute Gasteiger partial charge is 0.404 e. The predicted molar refractivity (Wildman–Crippen MR) is 294 cm³/mol. The first-order chi connectivity index (χ1) is 38.1. The largest absolute Gasteiger partial charge is 0.441 e. The van der Waals surface area contributed by atoms with E-state index in [1.807, 2.05) is 0 Å². The molecular weight excluding hydrogens is 1050 g/mol. The van der Waals surface area contributed by atoms with E-state index in [-0.39, 0.29) is 105 Å². The van der Waals surface area contributed by atoms with Gasteiger partial charge in [-0.1, -0.05) is 0 Å². The van der Waals surface area contributed by atoms with Crippen molar-refractivity contribution in [2.45, 2.75) is 201 Å². The molecule has 28 N–H and O–H groups in total. The van der Waals surface area contributed by atoms with Crippen LogP contribution in [0.5, 0.6) is 0 Å². The maximum atomic E-state index is 13.2. The summed E-state index contributed by atoms with van der Waals surface area (Å²) < 4.78 is 10.9. The maximum absolute atomic E-state index is 13.2. The Balaban J connectivity index is 1.20. The summed E-state index contributed by atoms with van der Waals surface area (Å²) >= 11 is 0. The second-order valence-electron chi connectivity index (χ2n) is 21.0. The van der Waals surface area contributed by atoms with Crippen molar-refractivity contribution in [1.29, 1.82) is 0 Å². The van der Waals surface area contributed by atoms with E-state index >= 15 is 0 Å². The number of nitrogens with two attached hydrogens (primary N) is 8. The zero-order valence-corrected chi connectivity index (χ0v) is 46.0. The fraction of sp³-hybridized carbons (Fsp3) is 0.816. The third kappa shape index (κ3) is 27.2. The molecule has 0 aromatic rings. The Labute approximate surface area is 467 Å². The topological polar surface area (TPSA) is 544 Å². The Morgan fingerprint density at radius 2 is 0.988 bits per heavy atom. The Kier molecular flexibility index (Phi) is 32.1. The van der Waals surface area contributed by atoms with Gasteiger partial charge in [-0.3, -0.25) is 33.6 Å². The van der Waals surface area contributed by atoms with Crippen LogP contribution in [0.25, 0.3) is 0 Å². The molecule has 3 aliphatic rings. The first kappa shape index (κ1) is 68.7. The van der Waals surface area contributed by atoms with Gasteiger partial charge in [0.2, 0.25) is 41.4 Å². The zero-order valence-electron chi connectivity index (χ0n) is 46.0. The molecule has 3 aliphatic heterocycles. The molecule has 0 saturated carbocycles. The summed E-state index contributed by atoms with van der Waals surface area (Å²) in [5.41, 5.74) is 47.4. The maximum Gasteiger partial charge on any atom is 0.404 e. The molecule has 8 amide bonds. The summed E-state index contributed by atoms with van der Waals surface area (Å²) in [7, 11) is 0. The normalized spacial score (nSPS) is 23.7. The number of aliphatic imine (C=N–C) groups is 1. The van der Waals surface area contributed by atoms with E-state index in [1.165, 1.54) is 0 Å². The minimum atomic E-state index is -1.65. The summed E-state index contributed by atoms with van der Waals surface area (Å²) in [5.74, 6) is -2.05. The molecule has 31 heteroatoms. The first-order valence-corrected chi connectivity index (χ1v) is 27.9. The number of ether oxygens (including phenoxy) is 2. The Morgan fingerprint density at radius 3 is 1.34 bits per heavy atom. The van der Waals surface area contributed by atoms with Crippen molar-refractivity contribution in [3.8, 4) is 0 Å². The summed E-state index contributed by atoms with van der Waals surface area (Å²) in [6.07, 6.45) is -0.906. The summed E-state index contributed by atoms with van der Waals surface area (Å²) in [5, 5.41) is 56.6. The standard InChI is InChI=1S/C49H94N18O13/c50-13-1-7-27(51)19-35(70)58-14-2-8-28(52)20-36(71)59-15-3-9-29(53)21-37(72)60-16-4-10-30(54)22-38(73)61-17-5-11-31(55)23-39(74)62-18-6-12-32(56)24-40(75)64-43-44(76)45(80-48(57)78)34(26-68)79-47(43)67-49-65-41-33(69)25-63-46(77)42(41)66-49/h27-34,41-45,47,68-69,76H,1-26,50-56H2,(H2,57,78)(H,58,70)(H,59,71)(H,60,72)(H,61,73)(H,62,74)(H,63,77)(H,64,75)(H2,65,66,67)/t27-,28-,29-,30-,31-,32-,33+,34+,41+,42-,43+,44+,45+,47+/m0/s1. The monoisotopic (exact) mass is 1140 g/mol. The molecule has 3 rings (SSSR count). The van der Waals surface area contributed by atoms with Crippen molar-refractivity contribution in [2.75, 3.05) is 52.4 Å². The van der Waals surface area contributed by atoms with E-state index in [4.69, 9.17) is 55.3 Å². The van der Waals surface area contributed by atoms with E-state index in [1.54, 1.807) is 0 Å². The molecule has 0 bridgehead atoms. The van der Waals surface area contributed by atoms with E-state index in [2.05, 4.69) is 52.8 Å². The first-order valence-electron chi connectivity index (χ1n) is 27.9. The van der Waals surface area contributed by atoms with Crippen LogP contribution in [0.3, 0.4) is 0 Å². The van der Waals surface area contributed by atoms with E-state index in [0.717, 1.165) is 6.42 Å². The van der Waals surface area contributed by atoms with Gasteiger partial charge >= 0.3 is 6.09 Å². The van der Waals surface area contributed by atoms with E-state index in [0.29, 0.717) is 103 Å². The quantitative estimate of drug-likeness (QED) is 0.0254. The van der Waals surface area contributed by atoms with Gasteiger partial charge in [0.15, 0.2) is 24.3 Å². The van der Waals surface area contributed by atoms with E-state index < -0.39 is 91.4 Å². The van der Waals surface area contributed by atoms with Gasteiger partial charge in [0.05, 0.1) is 18.8 Å². The molecule has 0 spiro atoms. The number of hydrogen-bond donors (Lipinski definition) is 20. The average molecular weight is 1140 g/mol. The number of β-amino-alcohol motifs (C(OH)–C–C–N with tert-alkyl or cyclic N) is 1.